The third kappa shape index (κ3) is 3.06. The Morgan fingerprint density at radius 1 is 1.17 bits per heavy atom. The molecule has 18 heavy (non-hydrogen) atoms. The average molecular weight is 249 g/mol. The lowest BCUT2D eigenvalue weighted by atomic mass is 9.61. The normalized spacial score (nSPS) is 28.4. The molecule has 0 bridgehead atoms. The van der Waals surface area contributed by atoms with E-state index in [-0.39, 0.29) is 11.5 Å². The predicted octanol–water partition coefficient (Wildman–Crippen LogP) is 4.54. The summed E-state index contributed by atoms with van der Waals surface area (Å²) in [5.41, 5.74) is 6.84. The number of nitrogens with two attached hydrogens (primary N) is 1. The highest BCUT2D eigenvalue weighted by Gasteiger charge is 2.41. The Morgan fingerprint density at radius 3 is 2.28 bits per heavy atom. The van der Waals surface area contributed by atoms with E-state index in [4.69, 9.17) is 5.73 Å². The monoisotopic (exact) mass is 249 g/mol. The summed E-state index contributed by atoms with van der Waals surface area (Å²) in [6.45, 7) is 11.5. The van der Waals surface area contributed by atoms with Gasteiger partial charge in [0.15, 0.2) is 0 Å². The second-order valence-corrected chi connectivity index (χ2v) is 6.42. The van der Waals surface area contributed by atoms with E-state index in [9.17, 15) is 0 Å². The quantitative estimate of drug-likeness (QED) is 0.734. The van der Waals surface area contributed by atoms with E-state index in [1.807, 2.05) is 0 Å². The van der Waals surface area contributed by atoms with Gasteiger partial charge in [0.2, 0.25) is 0 Å². The molecule has 0 spiro atoms. The Hall–Kier alpha value is -0.560. The van der Waals surface area contributed by atoms with Gasteiger partial charge in [0, 0.05) is 11.5 Å². The zero-order valence-electron chi connectivity index (χ0n) is 12.8. The Kier molecular flexibility index (Phi) is 5.65. The first-order chi connectivity index (χ1) is 8.45. The molecular weight excluding hydrogens is 218 g/mol. The fourth-order valence-electron chi connectivity index (χ4n) is 3.20. The van der Waals surface area contributed by atoms with Crippen LogP contribution in [0.25, 0.3) is 0 Å². The van der Waals surface area contributed by atoms with Gasteiger partial charge in [-0.25, -0.2) is 0 Å². The molecule has 0 aromatic carbocycles. The Balaban J connectivity index is 2.97. The summed E-state index contributed by atoms with van der Waals surface area (Å²) >= 11 is 0. The van der Waals surface area contributed by atoms with E-state index < -0.39 is 0 Å². The molecule has 4 atom stereocenters. The fraction of sp³-hybridized carbons (Fsp3) is 0.765. The molecule has 104 valence electrons. The average Bonchev–Trinajstić information content (AvgIpc) is 2.37. The van der Waals surface area contributed by atoms with Crippen molar-refractivity contribution in [2.24, 2.45) is 28.9 Å². The zero-order valence-corrected chi connectivity index (χ0v) is 12.8. The minimum Gasteiger partial charge on any atom is -0.327 e. The second-order valence-electron chi connectivity index (χ2n) is 6.42. The molecule has 0 saturated heterocycles. The van der Waals surface area contributed by atoms with Crippen LogP contribution in [0, 0.1) is 23.2 Å². The van der Waals surface area contributed by atoms with E-state index in [1.165, 1.54) is 12.8 Å². The van der Waals surface area contributed by atoms with Gasteiger partial charge in [-0.3, -0.25) is 0 Å². The van der Waals surface area contributed by atoms with Crippen molar-refractivity contribution < 1.29 is 0 Å². The van der Waals surface area contributed by atoms with Gasteiger partial charge in [0.05, 0.1) is 0 Å². The smallest absolute Gasteiger partial charge is 0.0164 e. The summed E-state index contributed by atoms with van der Waals surface area (Å²) in [5, 5.41) is 0. The highest BCUT2D eigenvalue weighted by Crippen LogP contribution is 2.44. The summed E-state index contributed by atoms with van der Waals surface area (Å²) in [4.78, 5) is 0. The summed E-state index contributed by atoms with van der Waals surface area (Å²) in [6, 6.07) is 0.250. The third-order valence-electron chi connectivity index (χ3n) is 5.00. The molecule has 0 aromatic heterocycles. The minimum absolute atomic E-state index is 0.161. The first-order valence-electron chi connectivity index (χ1n) is 7.55. The predicted molar refractivity (Wildman–Crippen MR) is 81.4 cm³/mol. The summed E-state index contributed by atoms with van der Waals surface area (Å²) in [7, 11) is 0. The largest absolute Gasteiger partial charge is 0.327 e. The van der Waals surface area contributed by atoms with Gasteiger partial charge in [0.25, 0.3) is 0 Å². The third-order valence-corrected chi connectivity index (χ3v) is 5.00. The van der Waals surface area contributed by atoms with Crippen molar-refractivity contribution in [3.05, 3.63) is 24.3 Å². The van der Waals surface area contributed by atoms with Crippen molar-refractivity contribution in [1.29, 1.82) is 0 Å². The molecule has 1 heteroatoms. The van der Waals surface area contributed by atoms with Crippen LogP contribution in [0.1, 0.15) is 53.9 Å². The zero-order chi connectivity index (χ0) is 13.8. The van der Waals surface area contributed by atoms with Crippen LogP contribution in [-0.4, -0.2) is 6.04 Å². The van der Waals surface area contributed by atoms with Crippen molar-refractivity contribution >= 4 is 0 Å². The molecule has 0 aliphatic heterocycles. The molecule has 4 unspecified atom stereocenters. The van der Waals surface area contributed by atoms with E-state index in [0.717, 1.165) is 6.42 Å². The maximum absolute atomic E-state index is 6.67. The topological polar surface area (TPSA) is 26.0 Å². The van der Waals surface area contributed by atoms with Gasteiger partial charge < -0.3 is 5.73 Å². The molecule has 0 aromatic rings. The van der Waals surface area contributed by atoms with E-state index in [2.05, 4.69) is 58.9 Å². The number of allylic oxidation sites excluding steroid dienone is 3. The molecule has 1 aliphatic rings. The van der Waals surface area contributed by atoms with Crippen LogP contribution in [0.4, 0.5) is 0 Å². The number of hydrogen-bond acceptors (Lipinski definition) is 1. The van der Waals surface area contributed by atoms with Gasteiger partial charge >= 0.3 is 0 Å². The van der Waals surface area contributed by atoms with Gasteiger partial charge in [-0.15, -0.1) is 0 Å². The highest BCUT2D eigenvalue weighted by molar-refractivity contribution is 5.21. The molecule has 1 rings (SSSR count). The number of hydrogen-bond donors (Lipinski definition) is 1. The first kappa shape index (κ1) is 15.5. The molecule has 1 nitrogen and oxygen atoms in total. The van der Waals surface area contributed by atoms with Gasteiger partial charge in [-0.1, -0.05) is 71.8 Å². The van der Waals surface area contributed by atoms with Crippen LogP contribution in [0.3, 0.4) is 0 Å². The molecule has 0 amide bonds. The van der Waals surface area contributed by atoms with Crippen molar-refractivity contribution in [2.75, 3.05) is 0 Å². The van der Waals surface area contributed by atoms with Gasteiger partial charge in [-0.2, -0.15) is 0 Å². The van der Waals surface area contributed by atoms with Crippen molar-refractivity contribution in [2.45, 2.75) is 59.9 Å². The summed E-state index contributed by atoms with van der Waals surface area (Å²) < 4.78 is 0. The molecule has 0 radical (unpaired) electrons. The standard InChI is InChI=1S/C17H31N/c1-6-10-14(4)17(11-8-7-9-12-17)16(18)15(5)13(2)3/h7-9,11,13-16H,6,10,12,18H2,1-5H3. The lowest BCUT2D eigenvalue weighted by molar-refractivity contribution is 0.128. The Morgan fingerprint density at radius 2 is 1.83 bits per heavy atom. The Labute approximate surface area is 114 Å². The van der Waals surface area contributed by atoms with Gasteiger partial charge in [0.1, 0.15) is 0 Å². The maximum atomic E-state index is 6.67. The first-order valence-corrected chi connectivity index (χ1v) is 7.55. The lowest BCUT2D eigenvalue weighted by Crippen LogP contribution is -2.50. The second kappa shape index (κ2) is 6.56. The van der Waals surface area contributed by atoms with Crippen LogP contribution < -0.4 is 5.73 Å². The molecule has 2 N–H and O–H groups in total. The van der Waals surface area contributed by atoms with Gasteiger partial charge in [-0.05, 0) is 24.2 Å². The number of rotatable bonds is 6. The molecule has 1 aliphatic carbocycles. The van der Waals surface area contributed by atoms with Crippen molar-refractivity contribution in [3.8, 4) is 0 Å². The van der Waals surface area contributed by atoms with Crippen molar-refractivity contribution in [3.63, 3.8) is 0 Å². The summed E-state index contributed by atoms with van der Waals surface area (Å²) in [6.07, 6.45) is 12.6. The SMILES string of the molecule is CCCC(C)C1(C(N)C(C)C(C)C)C=CC=CC1. The van der Waals surface area contributed by atoms with E-state index in [1.54, 1.807) is 0 Å². The summed E-state index contributed by atoms with van der Waals surface area (Å²) in [5.74, 6) is 1.85. The van der Waals surface area contributed by atoms with Crippen LogP contribution in [0.15, 0.2) is 24.3 Å². The Bertz CT molecular complexity index is 303. The lowest BCUT2D eigenvalue weighted by Gasteiger charge is -2.45. The van der Waals surface area contributed by atoms with Crippen LogP contribution >= 0.6 is 0 Å². The molecule has 0 saturated carbocycles. The van der Waals surface area contributed by atoms with Crippen LogP contribution in [0.5, 0.6) is 0 Å². The maximum Gasteiger partial charge on any atom is 0.0164 e. The van der Waals surface area contributed by atoms with Crippen LogP contribution in [-0.2, 0) is 0 Å². The minimum atomic E-state index is 0.161. The fourth-order valence-corrected chi connectivity index (χ4v) is 3.20. The van der Waals surface area contributed by atoms with E-state index in [0.29, 0.717) is 17.8 Å². The molecular formula is C17H31N. The van der Waals surface area contributed by atoms with Crippen molar-refractivity contribution in [1.82, 2.24) is 0 Å². The van der Waals surface area contributed by atoms with Crippen LogP contribution in [0.2, 0.25) is 0 Å². The molecule has 0 fully saturated rings. The molecule has 0 heterocycles. The highest BCUT2D eigenvalue weighted by atomic mass is 14.7. The van der Waals surface area contributed by atoms with E-state index >= 15 is 0 Å².